The van der Waals surface area contributed by atoms with Gasteiger partial charge in [0.1, 0.15) is 5.75 Å². The van der Waals surface area contributed by atoms with Gasteiger partial charge in [-0.1, -0.05) is 23.7 Å². The fourth-order valence-corrected chi connectivity index (χ4v) is 4.71. The van der Waals surface area contributed by atoms with Crippen molar-refractivity contribution in [3.63, 3.8) is 0 Å². The van der Waals surface area contributed by atoms with E-state index >= 15 is 0 Å². The Morgan fingerprint density at radius 1 is 1.09 bits per heavy atom. The maximum absolute atomic E-state index is 13.2. The molecule has 3 N–H and O–H groups in total. The zero-order valence-electron chi connectivity index (χ0n) is 18.6. The van der Waals surface area contributed by atoms with Crippen LogP contribution in [0.4, 0.5) is 13.2 Å². The molecule has 0 saturated carbocycles. The van der Waals surface area contributed by atoms with E-state index in [2.05, 4.69) is 6.07 Å². The number of nitrogens with zero attached hydrogens (tertiary/aromatic N) is 1. The van der Waals surface area contributed by atoms with Crippen LogP contribution >= 0.6 is 11.6 Å². The summed E-state index contributed by atoms with van der Waals surface area (Å²) in [6.45, 7) is 0.631. The summed E-state index contributed by atoms with van der Waals surface area (Å²) >= 11 is 6.07. The molecular weight excluding hydrogens is 487 g/mol. The maximum Gasteiger partial charge on any atom is 0.451 e. The number of ketones is 1. The predicted octanol–water partition coefficient (Wildman–Crippen LogP) is 3.23. The minimum Gasteiger partial charge on any atom is -0.492 e. The van der Waals surface area contributed by atoms with Gasteiger partial charge < -0.3 is 20.7 Å². The highest BCUT2D eigenvalue weighted by Crippen LogP contribution is 2.46. The first kappa shape index (κ1) is 25.0. The topological polar surface area (TPSA) is 102 Å². The lowest BCUT2D eigenvalue weighted by Gasteiger charge is -2.38. The minimum absolute atomic E-state index is 0.0732. The minimum atomic E-state index is -5.05. The average molecular weight is 510 g/mol. The van der Waals surface area contributed by atoms with Gasteiger partial charge in [-0.05, 0) is 42.7 Å². The van der Waals surface area contributed by atoms with Crippen LogP contribution in [-0.2, 0) is 16.8 Å². The van der Waals surface area contributed by atoms with Crippen molar-refractivity contribution in [3.05, 3.63) is 63.7 Å². The third kappa shape index (κ3) is 5.13. The van der Waals surface area contributed by atoms with E-state index < -0.39 is 24.4 Å². The number of rotatable bonds is 5. The molecule has 1 spiro atoms. The standard InChI is InChI=1S/C24H23ClF3N3O4/c25-17-9-15(21(33)30-12-20(32)24(26,27)28)8-16(10-17)22(34)31-5-3-23(4-6-31)13-35-19-2-1-14(11-29)7-18(19)23/h1-2,7-10H,3-6,11-13,29H2,(H,30,33). The number of carbonyl (C=O) groups excluding carboxylic acids is 3. The van der Waals surface area contributed by atoms with Crippen LogP contribution in [0.25, 0.3) is 0 Å². The number of Topliss-reactive ketones (excluding diaryl/α,β-unsaturated/α-hetero) is 1. The first-order valence-corrected chi connectivity index (χ1v) is 11.3. The second-order valence-corrected chi connectivity index (χ2v) is 9.16. The predicted molar refractivity (Wildman–Crippen MR) is 121 cm³/mol. The Kier molecular flexibility index (Phi) is 6.79. The normalized spacial score (nSPS) is 16.5. The van der Waals surface area contributed by atoms with E-state index in [1.165, 1.54) is 18.2 Å². The van der Waals surface area contributed by atoms with E-state index in [-0.39, 0.29) is 27.5 Å². The van der Waals surface area contributed by atoms with Crippen LogP contribution in [0.3, 0.4) is 0 Å². The van der Waals surface area contributed by atoms with Crippen molar-refractivity contribution in [1.29, 1.82) is 0 Å². The van der Waals surface area contributed by atoms with Gasteiger partial charge in [-0.25, -0.2) is 0 Å². The second kappa shape index (κ2) is 9.50. The van der Waals surface area contributed by atoms with Crippen molar-refractivity contribution in [3.8, 4) is 5.75 Å². The molecule has 0 unspecified atom stereocenters. The number of ether oxygens (including phenoxy) is 1. The molecule has 2 aliphatic heterocycles. The van der Waals surface area contributed by atoms with E-state index in [0.29, 0.717) is 39.1 Å². The highest BCUT2D eigenvalue weighted by Gasteiger charge is 2.44. The molecule has 186 valence electrons. The number of benzene rings is 2. The van der Waals surface area contributed by atoms with E-state index in [4.69, 9.17) is 22.1 Å². The molecule has 1 fully saturated rings. The van der Waals surface area contributed by atoms with Gasteiger partial charge in [0, 0.05) is 46.8 Å². The Labute approximate surface area is 204 Å². The fourth-order valence-electron chi connectivity index (χ4n) is 4.48. The lowest BCUT2D eigenvalue weighted by atomic mass is 9.74. The Morgan fingerprint density at radius 2 is 1.77 bits per heavy atom. The second-order valence-electron chi connectivity index (χ2n) is 8.73. The van der Waals surface area contributed by atoms with Crippen LogP contribution in [0.5, 0.6) is 5.75 Å². The molecule has 7 nitrogen and oxygen atoms in total. The van der Waals surface area contributed by atoms with E-state index in [1.54, 1.807) is 4.90 Å². The number of piperidine rings is 1. The SMILES string of the molecule is NCc1ccc2c(c1)C1(CCN(C(=O)c3cc(Cl)cc(C(=O)NCC(=O)C(F)(F)F)c3)CC1)CO2. The molecule has 2 aromatic carbocycles. The number of hydrogen-bond donors (Lipinski definition) is 2. The Morgan fingerprint density at radius 3 is 2.43 bits per heavy atom. The summed E-state index contributed by atoms with van der Waals surface area (Å²) in [4.78, 5) is 38.1. The molecule has 0 radical (unpaired) electrons. The monoisotopic (exact) mass is 509 g/mol. The number of halogens is 4. The van der Waals surface area contributed by atoms with Crippen LogP contribution in [0.1, 0.15) is 44.7 Å². The fraction of sp³-hybridized carbons (Fsp3) is 0.375. The molecule has 0 aliphatic carbocycles. The van der Waals surface area contributed by atoms with Crippen LogP contribution in [0.15, 0.2) is 36.4 Å². The van der Waals surface area contributed by atoms with Gasteiger partial charge in [0.05, 0.1) is 13.2 Å². The lowest BCUT2D eigenvalue weighted by Crippen LogP contribution is -2.46. The summed E-state index contributed by atoms with van der Waals surface area (Å²) in [6.07, 6.45) is -3.70. The van der Waals surface area contributed by atoms with Crippen LogP contribution in [-0.4, -0.2) is 54.9 Å². The van der Waals surface area contributed by atoms with Crippen LogP contribution < -0.4 is 15.8 Å². The molecule has 1 saturated heterocycles. The third-order valence-electron chi connectivity index (χ3n) is 6.50. The molecule has 0 aromatic heterocycles. The highest BCUT2D eigenvalue weighted by molar-refractivity contribution is 6.31. The molecule has 2 aliphatic rings. The number of nitrogens with two attached hydrogens (primary N) is 1. The van der Waals surface area contributed by atoms with Gasteiger partial charge in [-0.15, -0.1) is 0 Å². The Balaban J connectivity index is 1.45. The van der Waals surface area contributed by atoms with Gasteiger partial charge in [-0.3, -0.25) is 14.4 Å². The number of fused-ring (bicyclic) bond motifs is 2. The molecule has 0 atom stereocenters. The lowest BCUT2D eigenvalue weighted by molar-refractivity contribution is -0.169. The molecule has 11 heteroatoms. The van der Waals surface area contributed by atoms with Crippen molar-refractivity contribution in [2.24, 2.45) is 5.73 Å². The molecule has 2 aromatic rings. The average Bonchev–Trinajstić information content (AvgIpc) is 3.18. The summed E-state index contributed by atoms with van der Waals surface area (Å²) in [5, 5.41) is 1.99. The number of amides is 2. The molecule has 35 heavy (non-hydrogen) atoms. The summed E-state index contributed by atoms with van der Waals surface area (Å²) in [6, 6.07) is 9.79. The van der Waals surface area contributed by atoms with Crippen molar-refractivity contribution in [2.45, 2.75) is 31.0 Å². The van der Waals surface area contributed by atoms with Crippen LogP contribution in [0.2, 0.25) is 5.02 Å². The third-order valence-corrected chi connectivity index (χ3v) is 6.71. The van der Waals surface area contributed by atoms with E-state index in [0.717, 1.165) is 16.9 Å². The van der Waals surface area contributed by atoms with Gasteiger partial charge in [-0.2, -0.15) is 13.2 Å². The number of likely N-dealkylation sites (tertiary alicyclic amines) is 1. The molecule has 2 amide bonds. The zero-order chi connectivity index (χ0) is 25.4. The van der Waals surface area contributed by atoms with Crippen molar-refractivity contribution in [2.75, 3.05) is 26.2 Å². The number of alkyl halides is 3. The van der Waals surface area contributed by atoms with Crippen molar-refractivity contribution >= 4 is 29.2 Å². The van der Waals surface area contributed by atoms with Gasteiger partial charge >= 0.3 is 6.18 Å². The quantitative estimate of drug-likeness (QED) is 0.644. The molecule has 2 heterocycles. The zero-order valence-corrected chi connectivity index (χ0v) is 19.3. The van der Waals surface area contributed by atoms with E-state index in [1.807, 2.05) is 17.4 Å². The Hall–Kier alpha value is -3.11. The van der Waals surface area contributed by atoms with Gasteiger partial charge in [0.15, 0.2) is 0 Å². The van der Waals surface area contributed by atoms with Gasteiger partial charge in [0.25, 0.3) is 17.6 Å². The highest BCUT2D eigenvalue weighted by atomic mass is 35.5. The molecule has 0 bridgehead atoms. The van der Waals surface area contributed by atoms with Crippen molar-refractivity contribution < 1.29 is 32.3 Å². The maximum atomic E-state index is 13.2. The summed E-state index contributed by atoms with van der Waals surface area (Å²) in [5.74, 6) is -2.54. The summed E-state index contributed by atoms with van der Waals surface area (Å²) < 4.78 is 43.0. The smallest absolute Gasteiger partial charge is 0.451 e. The number of hydrogen-bond acceptors (Lipinski definition) is 5. The number of carbonyl (C=O) groups is 3. The molecule has 4 rings (SSSR count). The number of nitrogens with one attached hydrogen (secondary N) is 1. The van der Waals surface area contributed by atoms with Crippen molar-refractivity contribution in [1.82, 2.24) is 10.2 Å². The Bertz CT molecular complexity index is 1180. The van der Waals surface area contributed by atoms with Gasteiger partial charge in [0.2, 0.25) is 0 Å². The van der Waals surface area contributed by atoms with Crippen LogP contribution in [0, 0.1) is 0 Å². The summed E-state index contributed by atoms with van der Waals surface area (Å²) in [7, 11) is 0. The largest absolute Gasteiger partial charge is 0.492 e. The van der Waals surface area contributed by atoms with E-state index in [9.17, 15) is 27.6 Å². The first-order valence-electron chi connectivity index (χ1n) is 11.0. The first-order chi connectivity index (χ1) is 16.5. The molecular formula is C24H23ClF3N3O4. The summed E-state index contributed by atoms with van der Waals surface area (Å²) in [5.41, 5.74) is 7.71.